The summed E-state index contributed by atoms with van der Waals surface area (Å²) < 4.78 is 1.34. The van der Waals surface area contributed by atoms with Gasteiger partial charge in [-0.15, -0.1) is 11.3 Å². The van der Waals surface area contributed by atoms with Gasteiger partial charge in [0.2, 0.25) is 0 Å². The van der Waals surface area contributed by atoms with Crippen molar-refractivity contribution in [3.8, 4) is 11.1 Å². The van der Waals surface area contributed by atoms with E-state index in [4.69, 9.17) is 0 Å². The number of hydrogen-bond acceptors (Lipinski definition) is 2. The summed E-state index contributed by atoms with van der Waals surface area (Å²) in [5.41, 5.74) is 11.3. The maximum absolute atomic E-state index is 3.77. The quantitative estimate of drug-likeness (QED) is 0.238. The molecule has 8 rings (SSSR count). The Labute approximate surface area is 239 Å². The zero-order valence-electron chi connectivity index (χ0n) is 22.4. The van der Waals surface area contributed by atoms with E-state index in [1.807, 2.05) is 11.3 Å². The fraction of sp³-hybridized carbons (Fsp3) is 0.105. The van der Waals surface area contributed by atoms with E-state index in [0.717, 1.165) is 12.1 Å². The highest BCUT2D eigenvalue weighted by atomic mass is 32.1. The predicted octanol–water partition coefficient (Wildman–Crippen LogP) is 10.5. The van der Waals surface area contributed by atoms with Gasteiger partial charge >= 0.3 is 0 Å². The molecule has 2 aliphatic rings. The SMILES string of the molecule is CC1CC=Cc2sc3c(Nc4ccc(C5(c6ccccc6)c6ccccc6-c6ccccc65)cc4)cccc3c21. The number of anilines is 2. The van der Waals surface area contributed by atoms with Gasteiger partial charge in [0.15, 0.2) is 0 Å². The Hall–Kier alpha value is -4.40. The first-order chi connectivity index (χ1) is 19.7. The highest BCUT2D eigenvalue weighted by Gasteiger charge is 2.45. The molecule has 1 atom stereocenters. The number of benzene rings is 5. The Kier molecular flexibility index (Phi) is 5.33. The highest BCUT2D eigenvalue weighted by molar-refractivity contribution is 7.20. The van der Waals surface area contributed by atoms with Crippen LogP contribution in [0.15, 0.2) is 127 Å². The highest BCUT2D eigenvalue weighted by Crippen LogP contribution is 2.56. The molecule has 192 valence electrons. The topological polar surface area (TPSA) is 12.0 Å². The fourth-order valence-corrected chi connectivity index (χ4v) is 8.38. The van der Waals surface area contributed by atoms with Crippen LogP contribution in [0, 0.1) is 0 Å². The number of hydrogen-bond donors (Lipinski definition) is 1. The maximum atomic E-state index is 3.77. The van der Waals surface area contributed by atoms with Crippen molar-refractivity contribution in [1.82, 2.24) is 0 Å². The van der Waals surface area contributed by atoms with Gasteiger partial charge < -0.3 is 5.32 Å². The molecule has 2 heteroatoms. The predicted molar refractivity (Wildman–Crippen MR) is 171 cm³/mol. The molecular weight excluding hydrogens is 502 g/mol. The van der Waals surface area contributed by atoms with Gasteiger partial charge in [0.25, 0.3) is 0 Å². The molecule has 6 aromatic rings. The Balaban J connectivity index is 1.25. The van der Waals surface area contributed by atoms with Crippen molar-refractivity contribution in [3.05, 3.63) is 160 Å². The summed E-state index contributed by atoms with van der Waals surface area (Å²) >= 11 is 1.90. The van der Waals surface area contributed by atoms with Crippen molar-refractivity contribution in [2.24, 2.45) is 0 Å². The van der Waals surface area contributed by atoms with Gasteiger partial charge in [-0.25, -0.2) is 0 Å². The number of fused-ring (bicyclic) bond motifs is 6. The first-order valence-corrected chi connectivity index (χ1v) is 14.9. The zero-order chi connectivity index (χ0) is 26.7. The lowest BCUT2D eigenvalue weighted by Gasteiger charge is -2.34. The van der Waals surface area contributed by atoms with Crippen LogP contribution in [0.1, 0.15) is 52.0 Å². The zero-order valence-corrected chi connectivity index (χ0v) is 23.2. The van der Waals surface area contributed by atoms with Gasteiger partial charge in [-0.1, -0.05) is 116 Å². The molecule has 1 nitrogen and oxygen atoms in total. The van der Waals surface area contributed by atoms with Gasteiger partial charge in [0, 0.05) is 10.6 Å². The van der Waals surface area contributed by atoms with E-state index in [0.29, 0.717) is 5.92 Å². The van der Waals surface area contributed by atoms with E-state index < -0.39 is 0 Å². The number of allylic oxidation sites excluding steroid dienone is 1. The largest absolute Gasteiger partial charge is 0.354 e. The summed E-state index contributed by atoms with van der Waals surface area (Å²) in [7, 11) is 0. The average Bonchev–Trinajstić information content (AvgIpc) is 3.54. The second-order valence-corrected chi connectivity index (χ2v) is 12.1. The smallest absolute Gasteiger partial charge is 0.0713 e. The lowest BCUT2D eigenvalue weighted by Crippen LogP contribution is -2.28. The van der Waals surface area contributed by atoms with Gasteiger partial charge in [-0.3, -0.25) is 0 Å². The Morgan fingerprint density at radius 1 is 0.675 bits per heavy atom. The van der Waals surface area contributed by atoms with Crippen LogP contribution in [0.25, 0.3) is 27.3 Å². The molecule has 0 amide bonds. The summed E-state index contributed by atoms with van der Waals surface area (Å²) in [6, 6.07) is 44.6. The standard InChI is InChI=1S/C38H29NS/c1-25-11-9-20-35-36(25)31-16-10-19-34(37(31)40-35)39-28-23-21-27(22-24-28)38(26-12-3-2-4-13-26)32-17-7-5-14-29(32)30-15-6-8-18-33(30)38/h2-10,12-25,39H,11H2,1H3. The molecule has 0 saturated carbocycles. The van der Waals surface area contributed by atoms with E-state index >= 15 is 0 Å². The van der Waals surface area contributed by atoms with Crippen molar-refractivity contribution in [2.45, 2.75) is 24.7 Å². The van der Waals surface area contributed by atoms with Crippen molar-refractivity contribution < 1.29 is 0 Å². The molecule has 0 saturated heterocycles. The normalized spacial score (nSPS) is 16.4. The van der Waals surface area contributed by atoms with Gasteiger partial charge in [-0.2, -0.15) is 0 Å². The molecule has 0 aliphatic heterocycles. The Morgan fingerprint density at radius 3 is 2.05 bits per heavy atom. The van der Waals surface area contributed by atoms with Crippen LogP contribution in [0.3, 0.4) is 0 Å². The molecule has 2 aliphatic carbocycles. The first-order valence-electron chi connectivity index (χ1n) is 14.1. The van der Waals surface area contributed by atoms with Crippen molar-refractivity contribution in [2.75, 3.05) is 5.32 Å². The van der Waals surface area contributed by atoms with Crippen molar-refractivity contribution >= 4 is 38.9 Å². The second-order valence-electron chi connectivity index (χ2n) is 11.0. The number of rotatable bonds is 4. The molecule has 1 heterocycles. The molecule has 1 N–H and O–H groups in total. The van der Waals surface area contributed by atoms with Crippen LogP contribution in [0.5, 0.6) is 0 Å². The Bertz CT molecular complexity index is 1860. The van der Waals surface area contributed by atoms with Crippen LogP contribution in [0.2, 0.25) is 0 Å². The second kappa shape index (κ2) is 9.08. The lowest BCUT2D eigenvalue weighted by molar-refractivity contribution is 0.768. The summed E-state index contributed by atoms with van der Waals surface area (Å²) in [6.45, 7) is 2.34. The van der Waals surface area contributed by atoms with Crippen LogP contribution >= 0.6 is 11.3 Å². The van der Waals surface area contributed by atoms with E-state index in [1.54, 1.807) is 0 Å². The monoisotopic (exact) mass is 531 g/mol. The molecule has 1 aromatic heterocycles. The van der Waals surface area contributed by atoms with Crippen molar-refractivity contribution in [3.63, 3.8) is 0 Å². The van der Waals surface area contributed by atoms with Crippen LogP contribution < -0.4 is 5.32 Å². The molecule has 0 radical (unpaired) electrons. The summed E-state index contributed by atoms with van der Waals surface area (Å²) in [5, 5.41) is 5.16. The third-order valence-corrected chi connectivity index (χ3v) is 10.0. The van der Waals surface area contributed by atoms with E-state index in [9.17, 15) is 0 Å². The van der Waals surface area contributed by atoms with Crippen LogP contribution in [-0.2, 0) is 5.41 Å². The molecule has 0 spiro atoms. The lowest BCUT2D eigenvalue weighted by atomic mass is 9.68. The van der Waals surface area contributed by atoms with E-state index in [2.05, 4.69) is 146 Å². The molecule has 0 fully saturated rings. The molecular formula is C38H29NS. The summed E-state index contributed by atoms with van der Waals surface area (Å²) in [4.78, 5) is 1.40. The van der Waals surface area contributed by atoms with E-state index in [1.165, 1.54) is 59.6 Å². The molecule has 5 aromatic carbocycles. The van der Waals surface area contributed by atoms with Gasteiger partial charge in [0.05, 0.1) is 15.8 Å². The summed E-state index contributed by atoms with van der Waals surface area (Å²) in [5.74, 6) is 0.564. The number of thiophene rings is 1. The third-order valence-electron chi connectivity index (χ3n) is 8.79. The molecule has 40 heavy (non-hydrogen) atoms. The van der Waals surface area contributed by atoms with Crippen LogP contribution in [-0.4, -0.2) is 0 Å². The minimum absolute atomic E-state index is 0.359. The third kappa shape index (κ3) is 3.33. The molecule has 1 unspecified atom stereocenters. The van der Waals surface area contributed by atoms with E-state index in [-0.39, 0.29) is 5.41 Å². The van der Waals surface area contributed by atoms with Gasteiger partial charge in [-0.05, 0) is 80.9 Å². The minimum Gasteiger partial charge on any atom is -0.354 e. The first kappa shape index (κ1) is 23.5. The van der Waals surface area contributed by atoms with Crippen molar-refractivity contribution in [1.29, 1.82) is 0 Å². The number of nitrogens with one attached hydrogen (secondary N) is 1. The summed E-state index contributed by atoms with van der Waals surface area (Å²) in [6.07, 6.45) is 5.74. The Morgan fingerprint density at radius 2 is 1.32 bits per heavy atom. The fourth-order valence-electron chi connectivity index (χ4n) is 7.06. The minimum atomic E-state index is -0.359. The van der Waals surface area contributed by atoms with Crippen LogP contribution in [0.4, 0.5) is 11.4 Å². The maximum Gasteiger partial charge on any atom is 0.0713 e. The molecule has 0 bridgehead atoms. The van der Waals surface area contributed by atoms with Gasteiger partial charge in [0.1, 0.15) is 0 Å². The average molecular weight is 532 g/mol.